The number of carbonyl (C=O) groups is 1. The Morgan fingerprint density at radius 3 is 2.04 bits per heavy atom. The van der Waals surface area contributed by atoms with E-state index in [1.165, 1.54) is 12.1 Å². The maximum atomic E-state index is 13.2. The minimum Gasteiger partial charge on any atom is -0.289 e. The fourth-order valence-electron chi connectivity index (χ4n) is 2.66. The molecule has 0 heterocycles. The molecule has 0 aliphatic carbocycles. The van der Waals surface area contributed by atoms with Gasteiger partial charge in [-0.05, 0) is 23.6 Å². The van der Waals surface area contributed by atoms with Gasteiger partial charge in [0.15, 0.2) is 0 Å². The third-order valence-electron chi connectivity index (χ3n) is 3.85. The van der Waals surface area contributed by atoms with Gasteiger partial charge in [0.25, 0.3) is 5.91 Å². The van der Waals surface area contributed by atoms with E-state index in [2.05, 4.69) is 0 Å². The van der Waals surface area contributed by atoms with Gasteiger partial charge in [0.2, 0.25) is 10.0 Å². The summed E-state index contributed by atoms with van der Waals surface area (Å²) in [5.41, 5.74) is 2.34. The monoisotopic (exact) mass is 362 g/mol. The average molecular weight is 362 g/mol. The molecule has 0 aliphatic rings. The molecule has 134 valence electrons. The highest BCUT2D eigenvalue weighted by Crippen LogP contribution is 2.24. The quantitative estimate of drug-likeness (QED) is 0.585. The minimum atomic E-state index is -3.94. The lowest BCUT2D eigenvalue weighted by molar-refractivity contribution is -0.134. The van der Waals surface area contributed by atoms with Gasteiger partial charge < -0.3 is 0 Å². The standard InChI is InChI=1S/C18H22N2O4S/c1-14(2)17(18(21)19-22)20(13-15-9-5-3-6-10-15)25(23,24)16-11-7-4-8-12-16/h3-12,14,17,22H,13H2,1-2H3,(H,19,21)/t17-/m1/s1. The van der Waals surface area contributed by atoms with Crippen molar-refractivity contribution < 1.29 is 18.4 Å². The molecule has 0 fully saturated rings. The molecule has 0 unspecified atom stereocenters. The molecule has 2 N–H and O–H groups in total. The third kappa shape index (κ3) is 4.45. The molecule has 2 aromatic rings. The predicted molar refractivity (Wildman–Crippen MR) is 94.2 cm³/mol. The lowest BCUT2D eigenvalue weighted by Crippen LogP contribution is -2.51. The first-order chi connectivity index (χ1) is 11.9. The molecule has 1 atom stereocenters. The van der Waals surface area contributed by atoms with E-state index in [1.54, 1.807) is 61.8 Å². The van der Waals surface area contributed by atoms with Crippen LogP contribution in [-0.2, 0) is 21.4 Å². The number of amides is 1. The van der Waals surface area contributed by atoms with Gasteiger partial charge in [0.05, 0.1) is 4.90 Å². The maximum absolute atomic E-state index is 13.2. The smallest absolute Gasteiger partial charge is 0.262 e. The Hall–Kier alpha value is -2.22. The summed E-state index contributed by atoms with van der Waals surface area (Å²) in [5, 5.41) is 9.08. The van der Waals surface area contributed by atoms with Crippen LogP contribution in [-0.4, -0.2) is 29.9 Å². The highest BCUT2D eigenvalue weighted by molar-refractivity contribution is 7.89. The predicted octanol–water partition coefficient (Wildman–Crippen LogP) is 2.41. The molecule has 25 heavy (non-hydrogen) atoms. The Bertz CT molecular complexity index is 792. The highest BCUT2D eigenvalue weighted by Gasteiger charge is 2.37. The van der Waals surface area contributed by atoms with Gasteiger partial charge in [0.1, 0.15) is 6.04 Å². The van der Waals surface area contributed by atoms with E-state index in [0.29, 0.717) is 0 Å². The number of nitrogens with zero attached hydrogens (tertiary/aromatic N) is 1. The number of rotatable bonds is 7. The van der Waals surface area contributed by atoms with Crippen molar-refractivity contribution in [1.29, 1.82) is 0 Å². The Morgan fingerprint density at radius 1 is 1.04 bits per heavy atom. The van der Waals surface area contributed by atoms with Crippen LogP contribution in [0.4, 0.5) is 0 Å². The Labute approximate surface area is 148 Å². The van der Waals surface area contributed by atoms with Crippen LogP contribution in [0.5, 0.6) is 0 Å². The van der Waals surface area contributed by atoms with E-state index in [0.717, 1.165) is 9.87 Å². The molecule has 0 radical (unpaired) electrons. The van der Waals surface area contributed by atoms with Crippen LogP contribution >= 0.6 is 0 Å². The van der Waals surface area contributed by atoms with E-state index in [-0.39, 0.29) is 17.4 Å². The number of hydrogen-bond donors (Lipinski definition) is 2. The molecular formula is C18H22N2O4S. The molecule has 1 amide bonds. The molecule has 6 nitrogen and oxygen atoms in total. The Balaban J connectivity index is 2.53. The van der Waals surface area contributed by atoms with E-state index in [9.17, 15) is 13.2 Å². The first kappa shape index (κ1) is 19.1. The van der Waals surface area contributed by atoms with Crippen molar-refractivity contribution in [3.8, 4) is 0 Å². The second-order valence-electron chi connectivity index (χ2n) is 6.01. The number of hydroxylamine groups is 1. The summed E-state index contributed by atoms with van der Waals surface area (Å²) < 4.78 is 27.5. The summed E-state index contributed by atoms with van der Waals surface area (Å²) in [6.45, 7) is 3.49. The SMILES string of the molecule is CC(C)[C@H](C(=O)NO)N(Cc1ccccc1)S(=O)(=O)c1ccccc1. The minimum absolute atomic E-state index is 0.0222. The van der Waals surface area contributed by atoms with E-state index in [1.807, 2.05) is 6.07 Å². The lowest BCUT2D eigenvalue weighted by Gasteiger charge is -2.32. The normalized spacial score (nSPS) is 13.0. The molecular weight excluding hydrogens is 340 g/mol. The first-order valence-corrected chi connectivity index (χ1v) is 9.36. The number of carbonyl (C=O) groups excluding carboxylic acids is 1. The molecule has 0 spiro atoms. The molecule has 0 saturated carbocycles. The van der Waals surface area contributed by atoms with Gasteiger partial charge >= 0.3 is 0 Å². The molecule has 2 rings (SSSR count). The summed E-state index contributed by atoms with van der Waals surface area (Å²) in [6.07, 6.45) is 0. The van der Waals surface area contributed by atoms with Crippen LogP contribution in [0.3, 0.4) is 0 Å². The van der Waals surface area contributed by atoms with Crippen molar-refractivity contribution in [3.05, 3.63) is 66.2 Å². The summed E-state index contributed by atoms with van der Waals surface area (Å²) >= 11 is 0. The van der Waals surface area contributed by atoms with Crippen molar-refractivity contribution in [2.75, 3.05) is 0 Å². The van der Waals surface area contributed by atoms with Crippen LogP contribution in [0.1, 0.15) is 19.4 Å². The summed E-state index contributed by atoms with van der Waals surface area (Å²) in [4.78, 5) is 12.3. The maximum Gasteiger partial charge on any atom is 0.262 e. The van der Waals surface area contributed by atoms with Crippen molar-refractivity contribution in [2.24, 2.45) is 5.92 Å². The summed E-state index contributed by atoms with van der Waals surface area (Å²) in [6, 6.07) is 15.9. The van der Waals surface area contributed by atoms with Crippen LogP contribution in [0.2, 0.25) is 0 Å². The van der Waals surface area contributed by atoms with Crippen LogP contribution in [0.25, 0.3) is 0 Å². The number of hydrogen-bond acceptors (Lipinski definition) is 4. The average Bonchev–Trinajstić information content (AvgIpc) is 2.62. The van der Waals surface area contributed by atoms with Gasteiger partial charge in [-0.3, -0.25) is 10.0 Å². The fraction of sp³-hybridized carbons (Fsp3) is 0.278. The van der Waals surface area contributed by atoms with E-state index >= 15 is 0 Å². The second kappa shape index (κ2) is 8.24. The van der Waals surface area contributed by atoms with Crippen LogP contribution in [0.15, 0.2) is 65.6 Å². The van der Waals surface area contributed by atoms with Crippen molar-refractivity contribution >= 4 is 15.9 Å². The first-order valence-electron chi connectivity index (χ1n) is 7.92. The van der Waals surface area contributed by atoms with Crippen molar-refractivity contribution in [2.45, 2.75) is 31.3 Å². The largest absolute Gasteiger partial charge is 0.289 e. The summed E-state index contributed by atoms with van der Waals surface area (Å²) in [7, 11) is -3.94. The van der Waals surface area contributed by atoms with Gasteiger partial charge in [0, 0.05) is 6.54 Å². The zero-order chi connectivity index (χ0) is 18.4. The molecule has 0 aromatic heterocycles. The summed E-state index contributed by atoms with van der Waals surface area (Å²) in [5.74, 6) is -1.10. The third-order valence-corrected chi connectivity index (χ3v) is 5.69. The number of benzene rings is 2. The number of nitrogens with one attached hydrogen (secondary N) is 1. The zero-order valence-corrected chi connectivity index (χ0v) is 15.0. The van der Waals surface area contributed by atoms with Gasteiger partial charge in [-0.25, -0.2) is 13.9 Å². The zero-order valence-electron chi connectivity index (χ0n) is 14.2. The van der Waals surface area contributed by atoms with Gasteiger partial charge in [-0.15, -0.1) is 0 Å². The second-order valence-corrected chi connectivity index (χ2v) is 7.90. The molecule has 0 aliphatic heterocycles. The lowest BCUT2D eigenvalue weighted by atomic mass is 10.0. The fourth-order valence-corrected chi connectivity index (χ4v) is 4.39. The molecule has 0 bridgehead atoms. The number of sulfonamides is 1. The van der Waals surface area contributed by atoms with Crippen molar-refractivity contribution in [3.63, 3.8) is 0 Å². The van der Waals surface area contributed by atoms with Crippen molar-refractivity contribution in [1.82, 2.24) is 9.79 Å². The van der Waals surface area contributed by atoms with Gasteiger partial charge in [-0.2, -0.15) is 4.31 Å². The molecule has 0 saturated heterocycles. The highest BCUT2D eigenvalue weighted by atomic mass is 32.2. The molecule has 7 heteroatoms. The van der Waals surface area contributed by atoms with Crippen LogP contribution in [0, 0.1) is 5.92 Å². The Kier molecular flexibility index (Phi) is 6.30. The Morgan fingerprint density at radius 2 is 1.56 bits per heavy atom. The van der Waals surface area contributed by atoms with Crippen LogP contribution < -0.4 is 5.48 Å². The molecule has 2 aromatic carbocycles. The topological polar surface area (TPSA) is 86.7 Å². The van der Waals surface area contributed by atoms with E-state index in [4.69, 9.17) is 5.21 Å². The van der Waals surface area contributed by atoms with E-state index < -0.39 is 22.0 Å². The van der Waals surface area contributed by atoms with Gasteiger partial charge in [-0.1, -0.05) is 62.4 Å².